The fraction of sp³-hybridized carbons (Fsp3) is 0.250. The van der Waals surface area contributed by atoms with Gasteiger partial charge in [0, 0.05) is 4.90 Å². The van der Waals surface area contributed by atoms with E-state index < -0.39 is 11.9 Å². The van der Waals surface area contributed by atoms with Crippen LogP contribution in [0.4, 0.5) is 0 Å². The van der Waals surface area contributed by atoms with Crippen molar-refractivity contribution in [3.63, 3.8) is 0 Å². The zero-order valence-corrected chi connectivity index (χ0v) is 18.1. The number of fused-ring (bicyclic) bond motifs is 1. The molecule has 2 aromatic carbocycles. The Morgan fingerprint density at radius 2 is 1.76 bits per heavy atom. The molecule has 0 saturated carbocycles. The quantitative estimate of drug-likeness (QED) is 0.439. The maximum absolute atomic E-state index is 12.9. The molecule has 0 bridgehead atoms. The molecular formula is C20H20N2O5S2. The van der Waals surface area contributed by atoms with Crippen LogP contribution in [0.25, 0.3) is 10.2 Å². The maximum Gasteiger partial charge on any atom is 0.325 e. The summed E-state index contributed by atoms with van der Waals surface area (Å²) in [5.41, 5.74) is 1.12. The van der Waals surface area contributed by atoms with Crippen LogP contribution in [0.3, 0.4) is 0 Å². The van der Waals surface area contributed by atoms with Crippen LogP contribution >= 0.6 is 23.1 Å². The molecule has 1 aromatic heterocycles. The molecule has 152 valence electrons. The average molecular weight is 433 g/mol. The van der Waals surface area contributed by atoms with E-state index >= 15 is 0 Å². The van der Waals surface area contributed by atoms with Crippen molar-refractivity contribution in [3.8, 4) is 11.5 Å². The second kappa shape index (κ2) is 9.15. The van der Waals surface area contributed by atoms with E-state index in [0.29, 0.717) is 27.4 Å². The molecule has 1 amide bonds. The molecule has 0 saturated heterocycles. The Balaban J connectivity index is 2.28. The first kappa shape index (κ1) is 20.9. The number of hydrogen-bond donors (Lipinski definition) is 0. The van der Waals surface area contributed by atoms with Gasteiger partial charge in [0.05, 0.1) is 26.9 Å². The number of ether oxygens (including phenoxy) is 3. The second-order valence-corrected chi connectivity index (χ2v) is 7.64. The molecule has 3 rings (SSSR count). The largest absolute Gasteiger partial charge is 0.495 e. The third-order valence-electron chi connectivity index (χ3n) is 4.24. The van der Waals surface area contributed by atoms with E-state index in [1.807, 2.05) is 18.4 Å². The van der Waals surface area contributed by atoms with Crippen molar-refractivity contribution in [2.75, 3.05) is 27.6 Å². The fourth-order valence-corrected chi connectivity index (χ4v) is 4.57. The van der Waals surface area contributed by atoms with Crippen LogP contribution in [-0.2, 0) is 16.1 Å². The summed E-state index contributed by atoms with van der Waals surface area (Å²) in [7, 11) is 4.41. The maximum atomic E-state index is 12.9. The minimum Gasteiger partial charge on any atom is -0.495 e. The van der Waals surface area contributed by atoms with E-state index in [1.165, 1.54) is 37.3 Å². The predicted octanol–water partition coefficient (Wildman–Crippen LogP) is 3.36. The average Bonchev–Trinajstić information content (AvgIpc) is 3.10. The smallest absolute Gasteiger partial charge is 0.325 e. The van der Waals surface area contributed by atoms with Crippen molar-refractivity contribution < 1.29 is 23.8 Å². The first-order chi connectivity index (χ1) is 14.0. The Hall–Kier alpha value is -2.78. The van der Waals surface area contributed by atoms with Gasteiger partial charge in [-0.25, -0.2) is 0 Å². The number of benzene rings is 2. The Labute approximate surface area is 175 Å². The van der Waals surface area contributed by atoms with Gasteiger partial charge in [0.15, 0.2) is 4.80 Å². The zero-order chi connectivity index (χ0) is 21.0. The van der Waals surface area contributed by atoms with Crippen molar-refractivity contribution >= 4 is 45.2 Å². The Bertz CT molecular complexity index is 1130. The van der Waals surface area contributed by atoms with Crippen molar-refractivity contribution in [3.05, 3.63) is 46.8 Å². The third kappa shape index (κ3) is 4.15. The summed E-state index contributed by atoms with van der Waals surface area (Å²) >= 11 is 2.72. The predicted molar refractivity (Wildman–Crippen MR) is 113 cm³/mol. The molecule has 9 heteroatoms. The number of esters is 1. The molecule has 0 fully saturated rings. The van der Waals surface area contributed by atoms with Crippen LogP contribution in [-0.4, -0.2) is 44.0 Å². The molecule has 7 nitrogen and oxygen atoms in total. The number of amides is 1. The van der Waals surface area contributed by atoms with E-state index in [4.69, 9.17) is 14.2 Å². The lowest BCUT2D eigenvalue weighted by atomic mass is 10.2. The Morgan fingerprint density at radius 3 is 2.41 bits per heavy atom. The third-order valence-corrected chi connectivity index (χ3v) is 6.13. The van der Waals surface area contributed by atoms with Gasteiger partial charge in [0.2, 0.25) is 0 Å². The van der Waals surface area contributed by atoms with Crippen LogP contribution in [0.1, 0.15) is 10.4 Å². The minimum absolute atomic E-state index is 0.115. The van der Waals surface area contributed by atoms with Crippen molar-refractivity contribution in [1.29, 1.82) is 0 Å². The first-order valence-corrected chi connectivity index (χ1v) is 10.6. The molecular weight excluding hydrogens is 412 g/mol. The number of hydrogen-bond acceptors (Lipinski definition) is 7. The highest BCUT2D eigenvalue weighted by molar-refractivity contribution is 7.98. The topological polar surface area (TPSA) is 79.1 Å². The summed E-state index contributed by atoms with van der Waals surface area (Å²) in [6, 6.07) is 10.8. The van der Waals surface area contributed by atoms with Gasteiger partial charge in [-0.05, 0) is 30.5 Å². The number of aromatic nitrogens is 1. The van der Waals surface area contributed by atoms with Gasteiger partial charge in [0.1, 0.15) is 28.3 Å². The highest BCUT2D eigenvalue weighted by atomic mass is 32.2. The number of carbonyl (C=O) groups excluding carboxylic acids is 2. The molecule has 0 aliphatic heterocycles. The lowest BCUT2D eigenvalue weighted by Crippen LogP contribution is -2.22. The molecule has 0 aliphatic rings. The Kier molecular flexibility index (Phi) is 6.60. The van der Waals surface area contributed by atoms with Gasteiger partial charge >= 0.3 is 5.97 Å². The number of nitrogens with zero attached hydrogens (tertiary/aromatic N) is 2. The van der Waals surface area contributed by atoms with Gasteiger partial charge in [-0.3, -0.25) is 9.59 Å². The molecule has 1 heterocycles. The van der Waals surface area contributed by atoms with E-state index in [-0.39, 0.29) is 6.54 Å². The summed E-state index contributed by atoms with van der Waals surface area (Å²) in [4.78, 5) is 30.5. The standard InChI is InChI=1S/C20H20N2O5S2/c1-25-13-9-10-14(26-2)18-17(13)22(11-16(23)27-3)20(29-18)21-19(24)12-7-5-6-8-15(12)28-4/h5-10H,11H2,1-4H3. The number of rotatable bonds is 6. The van der Waals surface area contributed by atoms with E-state index in [0.717, 1.165) is 9.60 Å². The summed E-state index contributed by atoms with van der Waals surface area (Å²) < 4.78 is 18.1. The molecule has 29 heavy (non-hydrogen) atoms. The van der Waals surface area contributed by atoms with Crippen molar-refractivity contribution in [2.24, 2.45) is 4.99 Å². The van der Waals surface area contributed by atoms with E-state index in [1.54, 1.807) is 35.9 Å². The fourth-order valence-electron chi connectivity index (χ4n) is 2.85. The number of thiazole rings is 1. The molecule has 3 aromatic rings. The summed E-state index contributed by atoms with van der Waals surface area (Å²) in [6.07, 6.45) is 1.90. The van der Waals surface area contributed by atoms with Gasteiger partial charge in [0.25, 0.3) is 5.91 Å². The van der Waals surface area contributed by atoms with Gasteiger partial charge in [-0.1, -0.05) is 23.5 Å². The summed E-state index contributed by atoms with van der Waals surface area (Å²) in [6.45, 7) is -0.115. The molecule has 0 atom stereocenters. The second-order valence-electron chi connectivity index (χ2n) is 5.81. The monoisotopic (exact) mass is 432 g/mol. The molecule has 0 aliphatic carbocycles. The van der Waals surface area contributed by atoms with Crippen LogP contribution < -0.4 is 14.3 Å². The minimum atomic E-state index is -0.465. The van der Waals surface area contributed by atoms with Gasteiger partial charge < -0.3 is 18.8 Å². The highest BCUT2D eigenvalue weighted by Gasteiger charge is 2.19. The lowest BCUT2D eigenvalue weighted by molar-refractivity contribution is -0.141. The van der Waals surface area contributed by atoms with Crippen molar-refractivity contribution in [1.82, 2.24) is 4.57 Å². The summed E-state index contributed by atoms with van der Waals surface area (Å²) in [5, 5.41) is 0. The van der Waals surface area contributed by atoms with Gasteiger partial charge in [-0.2, -0.15) is 4.99 Å². The van der Waals surface area contributed by atoms with E-state index in [2.05, 4.69) is 4.99 Å². The van der Waals surface area contributed by atoms with Gasteiger partial charge in [-0.15, -0.1) is 11.8 Å². The zero-order valence-electron chi connectivity index (χ0n) is 16.4. The molecule has 0 unspecified atom stereocenters. The highest BCUT2D eigenvalue weighted by Crippen LogP contribution is 2.35. The SMILES string of the molecule is COC(=O)Cn1c(=NC(=O)c2ccccc2SC)sc2c(OC)ccc(OC)c21. The Morgan fingerprint density at radius 1 is 1.07 bits per heavy atom. The molecule has 0 N–H and O–H groups in total. The van der Waals surface area contributed by atoms with Crippen LogP contribution in [0.2, 0.25) is 0 Å². The lowest BCUT2D eigenvalue weighted by Gasteiger charge is -2.09. The number of thioether (sulfide) groups is 1. The number of methoxy groups -OCH3 is 3. The number of carbonyl (C=O) groups is 2. The van der Waals surface area contributed by atoms with Crippen LogP contribution in [0.5, 0.6) is 11.5 Å². The summed E-state index contributed by atoms with van der Waals surface area (Å²) in [5.74, 6) is 0.285. The molecule has 0 radical (unpaired) electrons. The molecule has 0 spiro atoms. The van der Waals surface area contributed by atoms with E-state index in [9.17, 15) is 9.59 Å². The van der Waals surface area contributed by atoms with Crippen LogP contribution in [0, 0.1) is 0 Å². The van der Waals surface area contributed by atoms with Crippen LogP contribution in [0.15, 0.2) is 46.3 Å². The first-order valence-electron chi connectivity index (χ1n) is 8.57. The normalized spacial score (nSPS) is 11.5. The van der Waals surface area contributed by atoms with Crippen molar-refractivity contribution in [2.45, 2.75) is 11.4 Å².